The number of benzene rings is 1. The third-order valence-corrected chi connectivity index (χ3v) is 4.30. The van der Waals surface area contributed by atoms with E-state index >= 15 is 0 Å². The minimum absolute atomic E-state index is 0.0754. The first-order valence-electron chi connectivity index (χ1n) is 8.28. The normalized spacial score (nSPS) is 16.8. The maximum absolute atomic E-state index is 12.4. The Bertz CT molecular complexity index is 848. The van der Waals surface area contributed by atoms with Crippen LogP contribution < -0.4 is 10.2 Å². The van der Waals surface area contributed by atoms with Crippen molar-refractivity contribution in [3.05, 3.63) is 66.5 Å². The highest BCUT2D eigenvalue weighted by Gasteiger charge is 2.26. The van der Waals surface area contributed by atoms with E-state index in [9.17, 15) is 4.79 Å². The summed E-state index contributed by atoms with van der Waals surface area (Å²) >= 11 is 0. The summed E-state index contributed by atoms with van der Waals surface area (Å²) in [6, 6.07) is 17.2. The highest BCUT2D eigenvalue weighted by atomic mass is 16.5. The zero-order valence-corrected chi connectivity index (χ0v) is 13.6. The highest BCUT2D eigenvalue weighted by molar-refractivity contribution is 5.93. The Hall–Kier alpha value is -3.15. The van der Waals surface area contributed by atoms with Gasteiger partial charge in [0.1, 0.15) is 5.82 Å². The molecule has 6 nitrogen and oxygen atoms in total. The van der Waals surface area contributed by atoms with Gasteiger partial charge in [-0.05, 0) is 18.6 Å². The van der Waals surface area contributed by atoms with Crippen LogP contribution in [0.3, 0.4) is 0 Å². The lowest BCUT2D eigenvalue weighted by atomic mass is 10.1. The van der Waals surface area contributed by atoms with Crippen LogP contribution in [0.1, 0.15) is 16.9 Å². The third-order valence-electron chi connectivity index (χ3n) is 4.30. The first kappa shape index (κ1) is 15.4. The molecular weight excluding hydrogens is 316 g/mol. The third kappa shape index (κ3) is 3.38. The van der Waals surface area contributed by atoms with Gasteiger partial charge >= 0.3 is 0 Å². The first-order valence-corrected chi connectivity index (χ1v) is 8.28. The number of aromatic nitrogens is 2. The Labute approximate surface area is 145 Å². The van der Waals surface area contributed by atoms with Gasteiger partial charge in [0.05, 0.1) is 0 Å². The number of pyridine rings is 1. The van der Waals surface area contributed by atoms with Crippen LogP contribution in [0.25, 0.3) is 11.3 Å². The lowest BCUT2D eigenvalue weighted by Crippen LogP contribution is -2.37. The van der Waals surface area contributed by atoms with E-state index in [1.54, 1.807) is 12.3 Å². The molecule has 0 spiro atoms. The van der Waals surface area contributed by atoms with Crippen LogP contribution >= 0.6 is 0 Å². The molecule has 4 rings (SSSR count). The van der Waals surface area contributed by atoms with Gasteiger partial charge < -0.3 is 14.7 Å². The molecule has 1 fully saturated rings. The Balaban J connectivity index is 1.39. The van der Waals surface area contributed by atoms with Crippen molar-refractivity contribution in [3.8, 4) is 11.3 Å². The summed E-state index contributed by atoms with van der Waals surface area (Å²) < 4.78 is 5.30. The number of hydrogen-bond donors (Lipinski definition) is 1. The molecule has 126 valence electrons. The molecular formula is C19H18N4O2. The summed E-state index contributed by atoms with van der Waals surface area (Å²) in [5.74, 6) is 1.32. The van der Waals surface area contributed by atoms with Crippen LogP contribution in [0.4, 0.5) is 5.82 Å². The number of anilines is 1. The van der Waals surface area contributed by atoms with E-state index in [4.69, 9.17) is 4.52 Å². The molecule has 1 amide bonds. The van der Waals surface area contributed by atoms with Crippen LogP contribution in [-0.4, -0.2) is 35.2 Å². The van der Waals surface area contributed by atoms with E-state index in [-0.39, 0.29) is 11.9 Å². The molecule has 2 aromatic heterocycles. The second-order valence-corrected chi connectivity index (χ2v) is 6.04. The van der Waals surface area contributed by atoms with Gasteiger partial charge in [0.15, 0.2) is 11.5 Å². The molecule has 3 heterocycles. The van der Waals surface area contributed by atoms with E-state index in [0.717, 1.165) is 30.9 Å². The molecule has 0 bridgehead atoms. The SMILES string of the molecule is O=C(NC1CCN(c2ccccn2)C1)c1cc(-c2ccccc2)on1. The van der Waals surface area contributed by atoms with Crippen molar-refractivity contribution < 1.29 is 9.32 Å². The zero-order valence-electron chi connectivity index (χ0n) is 13.6. The average Bonchev–Trinajstić information content (AvgIpc) is 3.33. The van der Waals surface area contributed by atoms with Gasteiger partial charge in [-0.3, -0.25) is 4.79 Å². The molecule has 0 saturated carbocycles. The molecule has 1 aliphatic heterocycles. The molecule has 0 radical (unpaired) electrons. The summed E-state index contributed by atoms with van der Waals surface area (Å²) in [7, 11) is 0. The number of carbonyl (C=O) groups excluding carboxylic acids is 1. The second kappa shape index (κ2) is 6.76. The molecule has 1 saturated heterocycles. The summed E-state index contributed by atoms with van der Waals surface area (Å²) in [6.07, 6.45) is 2.66. The largest absolute Gasteiger partial charge is 0.355 e. The van der Waals surface area contributed by atoms with Gasteiger partial charge in [-0.15, -0.1) is 0 Å². The van der Waals surface area contributed by atoms with Crippen LogP contribution in [-0.2, 0) is 0 Å². The number of hydrogen-bond acceptors (Lipinski definition) is 5. The van der Waals surface area contributed by atoms with Gasteiger partial charge in [-0.2, -0.15) is 0 Å². The topological polar surface area (TPSA) is 71.3 Å². The first-order chi connectivity index (χ1) is 12.3. The molecule has 25 heavy (non-hydrogen) atoms. The quantitative estimate of drug-likeness (QED) is 0.794. The van der Waals surface area contributed by atoms with Crippen molar-refractivity contribution >= 4 is 11.7 Å². The van der Waals surface area contributed by atoms with Gasteiger partial charge in [0.2, 0.25) is 0 Å². The fourth-order valence-corrected chi connectivity index (χ4v) is 3.01. The van der Waals surface area contributed by atoms with E-state index in [2.05, 4.69) is 20.4 Å². The van der Waals surface area contributed by atoms with Crippen LogP contribution in [0.15, 0.2) is 65.3 Å². The molecule has 1 atom stereocenters. The molecule has 1 aliphatic rings. The summed E-state index contributed by atoms with van der Waals surface area (Å²) in [6.45, 7) is 1.61. The van der Waals surface area contributed by atoms with Crippen molar-refractivity contribution in [2.45, 2.75) is 12.5 Å². The van der Waals surface area contributed by atoms with E-state index < -0.39 is 0 Å². The smallest absolute Gasteiger partial charge is 0.273 e. The minimum Gasteiger partial charge on any atom is -0.355 e. The number of amides is 1. The molecule has 3 aromatic rings. The fraction of sp³-hybridized carbons (Fsp3) is 0.211. The van der Waals surface area contributed by atoms with Gasteiger partial charge in [0, 0.05) is 37.0 Å². The van der Waals surface area contributed by atoms with Crippen molar-refractivity contribution in [1.82, 2.24) is 15.5 Å². The summed E-state index contributed by atoms with van der Waals surface area (Å²) in [5, 5.41) is 6.93. The van der Waals surface area contributed by atoms with Crippen LogP contribution in [0.5, 0.6) is 0 Å². The van der Waals surface area contributed by atoms with Gasteiger partial charge in [0.25, 0.3) is 5.91 Å². The van der Waals surface area contributed by atoms with Gasteiger partial charge in [-0.25, -0.2) is 4.98 Å². The molecule has 6 heteroatoms. The zero-order chi connectivity index (χ0) is 17.1. The molecule has 0 aliphatic carbocycles. The van der Waals surface area contributed by atoms with Gasteiger partial charge in [-0.1, -0.05) is 41.6 Å². The van der Waals surface area contributed by atoms with Crippen molar-refractivity contribution in [1.29, 1.82) is 0 Å². The second-order valence-electron chi connectivity index (χ2n) is 6.04. The van der Waals surface area contributed by atoms with E-state index in [0.29, 0.717) is 11.5 Å². The lowest BCUT2D eigenvalue weighted by molar-refractivity contribution is 0.0931. The summed E-state index contributed by atoms with van der Waals surface area (Å²) in [5.41, 5.74) is 1.20. The van der Waals surface area contributed by atoms with Crippen LogP contribution in [0.2, 0.25) is 0 Å². The molecule has 1 N–H and O–H groups in total. The van der Waals surface area contributed by atoms with Crippen LogP contribution in [0, 0.1) is 0 Å². The Kier molecular flexibility index (Phi) is 4.16. The standard InChI is InChI=1S/C19H18N4O2/c24-19(16-12-17(25-22-16)14-6-2-1-3-7-14)21-15-9-11-23(13-15)18-8-4-5-10-20-18/h1-8,10,12,15H,9,11,13H2,(H,21,24). The lowest BCUT2D eigenvalue weighted by Gasteiger charge is -2.17. The predicted octanol–water partition coefficient (Wildman–Crippen LogP) is 2.75. The molecule has 1 unspecified atom stereocenters. The van der Waals surface area contributed by atoms with Crippen molar-refractivity contribution in [3.63, 3.8) is 0 Å². The highest BCUT2D eigenvalue weighted by Crippen LogP contribution is 2.21. The maximum Gasteiger partial charge on any atom is 0.273 e. The Morgan fingerprint density at radius 1 is 1.16 bits per heavy atom. The number of carbonyl (C=O) groups is 1. The van der Waals surface area contributed by atoms with E-state index in [1.807, 2.05) is 48.5 Å². The predicted molar refractivity (Wildman–Crippen MR) is 94.3 cm³/mol. The van der Waals surface area contributed by atoms with Crippen molar-refractivity contribution in [2.75, 3.05) is 18.0 Å². The minimum atomic E-state index is -0.209. The fourth-order valence-electron chi connectivity index (χ4n) is 3.01. The van der Waals surface area contributed by atoms with E-state index in [1.165, 1.54) is 0 Å². The molecule has 1 aromatic carbocycles. The number of nitrogens with zero attached hydrogens (tertiary/aromatic N) is 3. The monoisotopic (exact) mass is 334 g/mol. The number of nitrogens with one attached hydrogen (secondary N) is 1. The summed E-state index contributed by atoms with van der Waals surface area (Å²) in [4.78, 5) is 18.9. The maximum atomic E-state index is 12.4. The average molecular weight is 334 g/mol. The number of rotatable bonds is 4. The van der Waals surface area contributed by atoms with Crippen molar-refractivity contribution in [2.24, 2.45) is 0 Å². The Morgan fingerprint density at radius 3 is 2.80 bits per heavy atom. The Morgan fingerprint density at radius 2 is 2.00 bits per heavy atom.